The summed E-state index contributed by atoms with van der Waals surface area (Å²) in [6.07, 6.45) is 2.61. The van der Waals surface area contributed by atoms with Gasteiger partial charge in [0.15, 0.2) is 0 Å². The third-order valence-corrected chi connectivity index (χ3v) is 6.35. The summed E-state index contributed by atoms with van der Waals surface area (Å²) >= 11 is 0. The number of para-hydroxylation sites is 1. The number of morpholine rings is 1. The van der Waals surface area contributed by atoms with Crippen molar-refractivity contribution in [2.75, 3.05) is 36.5 Å². The van der Waals surface area contributed by atoms with Gasteiger partial charge in [-0.1, -0.05) is 30.3 Å². The average molecular weight is 432 g/mol. The third-order valence-electron chi connectivity index (χ3n) is 6.35. The molecule has 2 aromatic carbocycles. The first-order valence-electron chi connectivity index (χ1n) is 11.3. The Morgan fingerprint density at radius 1 is 1.06 bits per heavy atom. The predicted molar refractivity (Wildman–Crippen MR) is 125 cm³/mol. The molecule has 6 nitrogen and oxygen atoms in total. The molecule has 5 rings (SSSR count). The smallest absolute Gasteiger partial charge is 0.259 e. The Labute approximate surface area is 188 Å². The zero-order valence-electron chi connectivity index (χ0n) is 18.4. The van der Waals surface area contributed by atoms with E-state index in [4.69, 9.17) is 9.15 Å². The summed E-state index contributed by atoms with van der Waals surface area (Å²) < 4.78 is 11.2. The highest BCUT2D eigenvalue weighted by Gasteiger charge is 2.28. The topological polar surface area (TPSA) is 58.0 Å². The number of nitrogens with zero attached hydrogens (tertiary/aromatic N) is 2. The second-order valence-corrected chi connectivity index (χ2v) is 8.61. The average Bonchev–Trinajstić information content (AvgIpc) is 3.39. The number of carbonyl (C=O) groups is 1. The number of fused-ring (bicyclic) bond motifs is 1. The molecule has 0 radical (unpaired) electrons. The number of hydrogen-bond acceptors (Lipinski definition) is 5. The van der Waals surface area contributed by atoms with Crippen LogP contribution in [0.5, 0.6) is 0 Å². The van der Waals surface area contributed by atoms with Crippen LogP contribution >= 0.6 is 0 Å². The molecule has 1 aromatic heterocycles. The molecule has 1 fully saturated rings. The van der Waals surface area contributed by atoms with Crippen LogP contribution in [0.2, 0.25) is 0 Å². The monoisotopic (exact) mass is 431 g/mol. The highest BCUT2D eigenvalue weighted by atomic mass is 16.5. The second-order valence-electron chi connectivity index (χ2n) is 8.61. The van der Waals surface area contributed by atoms with Gasteiger partial charge in [-0.15, -0.1) is 0 Å². The summed E-state index contributed by atoms with van der Waals surface area (Å²) in [6.45, 7) is 7.07. The molecule has 166 valence electrons. The lowest BCUT2D eigenvalue weighted by Gasteiger charge is -2.26. The summed E-state index contributed by atoms with van der Waals surface area (Å²) in [7, 11) is 0. The van der Waals surface area contributed by atoms with Crippen LogP contribution in [0.25, 0.3) is 0 Å². The quantitative estimate of drug-likeness (QED) is 0.630. The normalized spacial score (nSPS) is 18.5. The molecule has 3 heterocycles. The van der Waals surface area contributed by atoms with Gasteiger partial charge in [-0.3, -0.25) is 9.69 Å². The maximum atomic E-state index is 13.1. The standard InChI is InChI=1S/C26H29N3O3/c1-19-15-21-6-2-3-8-24(21)29(19)18-25-23(9-12-32-25)26(30)27-22-7-4-5-20(16-22)17-28-10-13-31-14-11-28/h2-9,12,16,19H,10-11,13-15,17-18H2,1H3,(H,27,30). The number of hydrogen-bond donors (Lipinski definition) is 1. The zero-order chi connectivity index (χ0) is 21.9. The van der Waals surface area contributed by atoms with Gasteiger partial charge in [-0.25, -0.2) is 0 Å². The van der Waals surface area contributed by atoms with Crippen molar-refractivity contribution in [1.82, 2.24) is 4.90 Å². The SMILES string of the molecule is CC1Cc2ccccc2N1Cc1occc1C(=O)Nc1cccc(CN2CCOCC2)c1. The lowest BCUT2D eigenvalue weighted by Crippen LogP contribution is -2.35. The fourth-order valence-corrected chi connectivity index (χ4v) is 4.65. The van der Waals surface area contributed by atoms with Crippen LogP contribution in [0, 0.1) is 0 Å². The van der Waals surface area contributed by atoms with E-state index < -0.39 is 0 Å². The molecular weight excluding hydrogens is 402 g/mol. The molecule has 32 heavy (non-hydrogen) atoms. The molecule has 2 aliphatic heterocycles. The van der Waals surface area contributed by atoms with Gasteiger partial charge in [0.05, 0.1) is 31.6 Å². The Hall–Kier alpha value is -3.09. The van der Waals surface area contributed by atoms with Crippen molar-refractivity contribution in [3.05, 3.63) is 83.3 Å². The van der Waals surface area contributed by atoms with Crippen molar-refractivity contribution in [1.29, 1.82) is 0 Å². The second kappa shape index (κ2) is 9.18. The molecule has 1 unspecified atom stereocenters. The van der Waals surface area contributed by atoms with Crippen LogP contribution in [0.15, 0.2) is 65.3 Å². The Balaban J connectivity index is 1.27. The maximum absolute atomic E-state index is 13.1. The van der Waals surface area contributed by atoms with Gasteiger partial charge < -0.3 is 19.4 Å². The number of carbonyl (C=O) groups excluding carboxylic acids is 1. The van der Waals surface area contributed by atoms with Gasteiger partial charge in [0.2, 0.25) is 0 Å². The van der Waals surface area contributed by atoms with Gasteiger partial charge in [0.25, 0.3) is 5.91 Å². The van der Waals surface area contributed by atoms with E-state index in [0.29, 0.717) is 23.9 Å². The summed E-state index contributed by atoms with van der Waals surface area (Å²) in [5, 5.41) is 3.06. The maximum Gasteiger partial charge on any atom is 0.259 e. The highest BCUT2D eigenvalue weighted by molar-refractivity contribution is 6.05. The third kappa shape index (κ3) is 4.42. The van der Waals surface area contributed by atoms with E-state index in [1.165, 1.54) is 16.8 Å². The van der Waals surface area contributed by atoms with Crippen molar-refractivity contribution >= 4 is 17.3 Å². The molecule has 0 aliphatic carbocycles. The number of ether oxygens (including phenoxy) is 1. The van der Waals surface area contributed by atoms with E-state index in [1.807, 2.05) is 18.2 Å². The number of rotatable bonds is 6. The van der Waals surface area contributed by atoms with Crippen molar-refractivity contribution in [3.8, 4) is 0 Å². The number of nitrogens with one attached hydrogen (secondary N) is 1. The first-order valence-corrected chi connectivity index (χ1v) is 11.3. The molecule has 0 bridgehead atoms. The van der Waals surface area contributed by atoms with Gasteiger partial charge in [0, 0.05) is 37.1 Å². The molecule has 3 aromatic rings. The van der Waals surface area contributed by atoms with E-state index in [1.54, 1.807) is 12.3 Å². The zero-order valence-corrected chi connectivity index (χ0v) is 18.4. The summed E-state index contributed by atoms with van der Waals surface area (Å²) in [6, 6.07) is 18.6. The minimum atomic E-state index is -0.141. The molecular formula is C26H29N3O3. The van der Waals surface area contributed by atoms with E-state index in [0.717, 1.165) is 45.0 Å². The molecule has 6 heteroatoms. The van der Waals surface area contributed by atoms with Crippen LogP contribution in [0.4, 0.5) is 11.4 Å². The first-order chi connectivity index (χ1) is 15.7. The predicted octanol–water partition coefficient (Wildman–Crippen LogP) is 4.32. The Kier molecular flexibility index (Phi) is 5.97. The largest absolute Gasteiger partial charge is 0.467 e. The summed E-state index contributed by atoms with van der Waals surface area (Å²) in [4.78, 5) is 17.8. The number of anilines is 2. The van der Waals surface area contributed by atoms with Crippen LogP contribution in [0.1, 0.15) is 34.2 Å². The van der Waals surface area contributed by atoms with E-state index in [9.17, 15) is 4.79 Å². The number of furan rings is 1. The van der Waals surface area contributed by atoms with Crippen LogP contribution in [0.3, 0.4) is 0 Å². The van der Waals surface area contributed by atoms with Gasteiger partial charge in [-0.05, 0) is 48.7 Å². The Morgan fingerprint density at radius 3 is 2.78 bits per heavy atom. The van der Waals surface area contributed by atoms with Crippen molar-refractivity contribution in [3.63, 3.8) is 0 Å². The van der Waals surface area contributed by atoms with E-state index in [-0.39, 0.29) is 5.91 Å². The number of benzene rings is 2. The summed E-state index contributed by atoms with van der Waals surface area (Å²) in [5.41, 5.74) is 5.13. The molecule has 0 spiro atoms. The lowest BCUT2D eigenvalue weighted by atomic mass is 10.1. The Bertz CT molecular complexity index is 1090. The minimum absolute atomic E-state index is 0.141. The van der Waals surface area contributed by atoms with Gasteiger partial charge in [-0.2, -0.15) is 0 Å². The van der Waals surface area contributed by atoms with E-state index in [2.05, 4.69) is 52.4 Å². The van der Waals surface area contributed by atoms with Gasteiger partial charge in [0.1, 0.15) is 5.76 Å². The Morgan fingerprint density at radius 2 is 1.91 bits per heavy atom. The minimum Gasteiger partial charge on any atom is -0.467 e. The van der Waals surface area contributed by atoms with Gasteiger partial charge >= 0.3 is 0 Å². The fraction of sp³-hybridized carbons (Fsp3) is 0.346. The van der Waals surface area contributed by atoms with Crippen molar-refractivity contribution in [2.24, 2.45) is 0 Å². The van der Waals surface area contributed by atoms with Crippen molar-refractivity contribution in [2.45, 2.75) is 32.5 Å². The fourth-order valence-electron chi connectivity index (χ4n) is 4.65. The van der Waals surface area contributed by atoms with Crippen LogP contribution < -0.4 is 10.2 Å². The first kappa shape index (κ1) is 20.8. The molecule has 1 amide bonds. The van der Waals surface area contributed by atoms with Crippen LogP contribution in [-0.4, -0.2) is 43.2 Å². The van der Waals surface area contributed by atoms with Crippen molar-refractivity contribution < 1.29 is 13.9 Å². The van der Waals surface area contributed by atoms with Crippen LogP contribution in [-0.2, 0) is 24.2 Å². The van der Waals surface area contributed by atoms with E-state index >= 15 is 0 Å². The number of amides is 1. The summed E-state index contributed by atoms with van der Waals surface area (Å²) in [5.74, 6) is 0.549. The molecule has 1 saturated heterocycles. The highest BCUT2D eigenvalue weighted by Crippen LogP contribution is 2.33. The molecule has 2 aliphatic rings. The lowest BCUT2D eigenvalue weighted by molar-refractivity contribution is 0.0342. The molecule has 1 N–H and O–H groups in total. The molecule has 0 saturated carbocycles. The molecule has 1 atom stereocenters.